The molecule has 0 bridgehead atoms. The maximum absolute atomic E-state index is 12.3. The lowest BCUT2D eigenvalue weighted by Gasteiger charge is -2.09. The largest absolute Gasteiger partial charge is 0.573 e. The number of hydrogen-bond donors (Lipinski definition) is 1. The number of benzene rings is 1. The minimum absolute atomic E-state index is 0.174. The van der Waals surface area contributed by atoms with Crippen molar-refractivity contribution in [3.63, 3.8) is 0 Å². The maximum Gasteiger partial charge on any atom is 0.573 e. The molecule has 0 unspecified atom stereocenters. The Morgan fingerprint density at radius 2 is 2.00 bits per heavy atom. The molecule has 0 aliphatic rings. The SMILES string of the molecule is CCCCCc1c[nH]c2c(OC(F)(F)F)cccc12. The van der Waals surface area contributed by atoms with Gasteiger partial charge < -0.3 is 9.72 Å². The fourth-order valence-electron chi connectivity index (χ4n) is 2.17. The number of aromatic amines is 1. The summed E-state index contributed by atoms with van der Waals surface area (Å²) in [7, 11) is 0. The van der Waals surface area contributed by atoms with Crippen LogP contribution in [0.1, 0.15) is 31.7 Å². The average Bonchev–Trinajstić information content (AvgIpc) is 2.72. The molecule has 1 heterocycles. The van der Waals surface area contributed by atoms with E-state index in [1.54, 1.807) is 12.3 Å². The van der Waals surface area contributed by atoms with Crippen molar-refractivity contribution in [1.29, 1.82) is 0 Å². The van der Waals surface area contributed by atoms with Crippen LogP contribution >= 0.6 is 0 Å². The molecule has 1 aromatic heterocycles. The van der Waals surface area contributed by atoms with E-state index in [1.807, 2.05) is 6.07 Å². The van der Waals surface area contributed by atoms with Crippen LogP contribution in [-0.4, -0.2) is 11.3 Å². The Morgan fingerprint density at radius 1 is 1.21 bits per heavy atom. The maximum atomic E-state index is 12.3. The normalized spacial score (nSPS) is 12.0. The molecule has 0 saturated heterocycles. The van der Waals surface area contributed by atoms with Gasteiger partial charge in [-0.15, -0.1) is 13.2 Å². The molecular formula is C14H16F3NO. The highest BCUT2D eigenvalue weighted by atomic mass is 19.4. The van der Waals surface area contributed by atoms with Crippen LogP contribution in [0.25, 0.3) is 10.9 Å². The second-order valence-corrected chi connectivity index (χ2v) is 4.50. The molecule has 104 valence electrons. The van der Waals surface area contributed by atoms with Crippen LogP contribution in [0.3, 0.4) is 0 Å². The second kappa shape index (κ2) is 5.55. The lowest BCUT2D eigenvalue weighted by Crippen LogP contribution is -2.17. The van der Waals surface area contributed by atoms with E-state index in [2.05, 4.69) is 16.6 Å². The van der Waals surface area contributed by atoms with Crippen LogP contribution in [0.5, 0.6) is 5.75 Å². The molecular weight excluding hydrogens is 255 g/mol. The van der Waals surface area contributed by atoms with Crippen LogP contribution in [0.15, 0.2) is 24.4 Å². The van der Waals surface area contributed by atoms with Crippen molar-refractivity contribution in [3.05, 3.63) is 30.0 Å². The number of alkyl halides is 3. The first kappa shape index (κ1) is 13.8. The highest BCUT2D eigenvalue weighted by molar-refractivity contribution is 5.88. The molecule has 2 nitrogen and oxygen atoms in total. The minimum Gasteiger partial charge on any atom is -0.404 e. The van der Waals surface area contributed by atoms with E-state index in [1.165, 1.54) is 6.07 Å². The molecule has 5 heteroatoms. The van der Waals surface area contributed by atoms with E-state index < -0.39 is 6.36 Å². The van der Waals surface area contributed by atoms with Gasteiger partial charge in [-0.25, -0.2) is 0 Å². The summed E-state index contributed by atoms with van der Waals surface area (Å²) < 4.78 is 40.9. The zero-order chi connectivity index (χ0) is 13.9. The fourth-order valence-corrected chi connectivity index (χ4v) is 2.17. The van der Waals surface area contributed by atoms with Crippen molar-refractivity contribution in [2.45, 2.75) is 39.0 Å². The molecule has 0 spiro atoms. The first-order valence-corrected chi connectivity index (χ1v) is 6.36. The lowest BCUT2D eigenvalue weighted by atomic mass is 10.1. The third-order valence-electron chi connectivity index (χ3n) is 3.04. The highest BCUT2D eigenvalue weighted by Gasteiger charge is 2.32. The van der Waals surface area contributed by atoms with Crippen molar-refractivity contribution >= 4 is 10.9 Å². The molecule has 0 atom stereocenters. The molecule has 0 saturated carbocycles. The number of rotatable bonds is 5. The molecule has 19 heavy (non-hydrogen) atoms. The van der Waals surface area contributed by atoms with Crippen molar-refractivity contribution in [2.75, 3.05) is 0 Å². The fraction of sp³-hybridized carbons (Fsp3) is 0.429. The molecule has 0 radical (unpaired) electrons. The molecule has 2 aromatic rings. The summed E-state index contributed by atoms with van der Waals surface area (Å²) in [4.78, 5) is 2.88. The van der Waals surface area contributed by atoms with Gasteiger partial charge in [-0.05, 0) is 24.5 Å². The van der Waals surface area contributed by atoms with Crippen LogP contribution in [0.2, 0.25) is 0 Å². The van der Waals surface area contributed by atoms with Gasteiger partial charge in [-0.1, -0.05) is 31.9 Å². The Kier molecular flexibility index (Phi) is 4.02. The van der Waals surface area contributed by atoms with E-state index in [0.717, 1.165) is 36.6 Å². The summed E-state index contributed by atoms with van der Waals surface area (Å²) in [6.07, 6.45) is 1.23. The zero-order valence-corrected chi connectivity index (χ0v) is 10.7. The van der Waals surface area contributed by atoms with Gasteiger partial charge in [0.25, 0.3) is 0 Å². The number of halogens is 3. The number of aryl methyl sites for hydroxylation is 1. The van der Waals surface area contributed by atoms with Gasteiger partial charge in [0.15, 0.2) is 5.75 Å². The van der Waals surface area contributed by atoms with Gasteiger partial charge in [-0.2, -0.15) is 0 Å². The third-order valence-corrected chi connectivity index (χ3v) is 3.04. The van der Waals surface area contributed by atoms with Gasteiger partial charge >= 0.3 is 6.36 Å². The number of H-pyrrole nitrogens is 1. The van der Waals surface area contributed by atoms with E-state index in [0.29, 0.717) is 5.52 Å². The Hall–Kier alpha value is -1.65. The van der Waals surface area contributed by atoms with Gasteiger partial charge in [-0.3, -0.25) is 0 Å². The smallest absolute Gasteiger partial charge is 0.404 e. The highest BCUT2D eigenvalue weighted by Crippen LogP contribution is 2.31. The van der Waals surface area contributed by atoms with Crippen molar-refractivity contribution in [1.82, 2.24) is 4.98 Å². The first-order valence-electron chi connectivity index (χ1n) is 6.36. The number of nitrogens with one attached hydrogen (secondary N) is 1. The predicted octanol–water partition coefficient (Wildman–Crippen LogP) is 4.80. The molecule has 0 amide bonds. The number of para-hydroxylation sites is 1. The molecule has 2 rings (SSSR count). The second-order valence-electron chi connectivity index (χ2n) is 4.50. The lowest BCUT2D eigenvalue weighted by molar-refractivity contribution is -0.274. The average molecular weight is 271 g/mol. The Labute approximate surface area is 109 Å². The summed E-state index contributed by atoms with van der Waals surface area (Å²) in [5.74, 6) is -0.174. The zero-order valence-electron chi connectivity index (χ0n) is 10.7. The Balaban J connectivity index is 2.26. The Morgan fingerprint density at radius 3 is 2.68 bits per heavy atom. The monoisotopic (exact) mass is 271 g/mol. The van der Waals surface area contributed by atoms with E-state index in [4.69, 9.17) is 0 Å². The number of ether oxygens (including phenoxy) is 1. The summed E-state index contributed by atoms with van der Waals surface area (Å²) in [5.41, 5.74) is 1.45. The van der Waals surface area contributed by atoms with E-state index >= 15 is 0 Å². The molecule has 1 N–H and O–H groups in total. The van der Waals surface area contributed by atoms with E-state index in [-0.39, 0.29) is 5.75 Å². The van der Waals surface area contributed by atoms with Gasteiger partial charge in [0.05, 0.1) is 5.52 Å². The minimum atomic E-state index is -4.66. The quantitative estimate of drug-likeness (QED) is 0.776. The van der Waals surface area contributed by atoms with E-state index in [9.17, 15) is 13.2 Å². The molecule has 1 aromatic carbocycles. The van der Waals surface area contributed by atoms with Gasteiger partial charge in [0, 0.05) is 11.6 Å². The third kappa shape index (κ3) is 3.43. The Bertz CT molecular complexity index is 545. The standard InChI is InChI=1S/C14H16F3NO/c1-2-3-4-6-10-9-18-13-11(10)7-5-8-12(13)19-14(15,16)17/h5,7-9,18H,2-4,6H2,1H3. The summed E-state index contributed by atoms with van der Waals surface area (Å²) in [6, 6.07) is 4.72. The predicted molar refractivity (Wildman–Crippen MR) is 68.2 cm³/mol. The van der Waals surface area contributed by atoms with Gasteiger partial charge in [0.1, 0.15) is 0 Å². The summed E-state index contributed by atoms with van der Waals surface area (Å²) in [5, 5.41) is 0.804. The number of unbranched alkanes of at least 4 members (excludes halogenated alkanes) is 2. The molecule has 0 aliphatic heterocycles. The van der Waals surface area contributed by atoms with Crippen LogP contribution in [0, 0.1) is 0 Å². The number of hydrogen-bond acceptors (Lipinski definition) is 1. The topological polar surface area (TPSA) is 25.0 Å². The van der Waals surface area contributed by atoms with Crippen molar-refractivity contribution < 1.29 is 17.9 Å². The number of aromatic nitrogens is 1. The summed E-state index contributed by atoms with van der Waals surface area (Å²) >= 11 is 0. The van der Waals surface area contributed by atoms with Crippen LogP contribution in [-0.2, 0) is 6.42 Å². The van der Waals surface area contributed by atoms with Gasteiger partial charge in [0.2, 0.25) is 0 Å². The molecule has 0 aliphatic carbocycles. The van der Waals surface area contributed by atoms with Crippen LogP contribution < -0.4 is 4.74 Å². The summed E-state index contributed by atoms with van der Waals surface area (Å²) in [6.45, 7) is 2.12. The van der Waals surface area contributed by atoms with Crippen LogP contribution in [0.4, 0.5) is 13.2 Å². The first-order chi connectivity index (χ1) is 9.01. The number of fused-ring (bicyclic) bond motifs is 1. The molecule has 0 fully saturated rings. The van der Waals surface area contributed by atoms with Crippen molar-refractivity contribution in [2.24, 2.45) is 0 Å². The van der Waals surface area contributed by atoms with Crippen molar-refractivity contribution in [3.8, 4) is 5.75 Å².